The monoisotopic (exact) mass is 621 g/mol. The van der Waals surface area contributed by atoms with Crippen molar-refractivity contribution in [3.63, 3.8) is 0 Å². The molecule has 1 aliphatic carbocycles. The third-order valence-corrected chi connectivity index (χ3v) is 7.57. The smallest absolute Gasteiger partial charge is 0.421 e. The SMILES string of the molecule is CC(C)(C)OC(=O)NS(=O)(=O)c1cc(Cl)c(N(Cc2cn3cc(C4CC4)ccc3n2)C(=O)OC(C)(C)C)cc1[N+](=O)[O-]. The molecule has 1 aliphatic rings. The van der Waals surface area contributed by atoms with Gasteiger partial charge >= 0.3 is 12.2 Å². The van der Waals surface area contributed by atoms with E-state index in [2.05, 4.69) is 4.98 Å². The number of carbonyl (C=O) groups excluding carboxylic acids is 2. The Kier molecular flexibility index (Phi) is 8.17. The van der Waals surface area contributed by atoms with E-state index in [0.717, 1.165) is 29.9 Å². The van der Waals surface area contributed by atoms with Gasteiger partial charge in [-0.1, -0.05) is 17.7 Å². The Morgan fingerprint density at radius 3 is 2.33 bits per heavy atom. The number of rotatable bonds is 7. The van der Waals surface area contributed by atoms with Gasteiger partial charge in [-0.15, -0.1) is 0 Å². The maximum Gasteiger partial charge on any atom is 0.421 e. The average molecular weight is 622 g/mol. The number of halogens is 1. The zero-order chi connectivity index (χ0) is 31.2. The number of nitro benzene ring substituents is 1. The van der Waals surface area contributed by atoms with Gasteiger partial charge in [0.1, 0.15) is 16.8 Å². The number of anilines is 1. The van der Waals surface area contributed by atoms with E-state index in [9.17, 15) is 28.1 Å². The van der Waals surface area contributed by atoms with Crippen molar-refractivity contribution in [2.45, 2.75) is 82.9 Å². The van der Waals surface area contributed by atoms with Crippen molar-refractivity contribution in [2.24, 2.45) is 0 Å². The molecule has 226 valence electrons. The number of nitro groups is 1. The lowest BCUT2D eigenvalue weighted by Crippen LogP contribution is -2.37. The zero-order valence-corrected chi connectivity index (χ0v) is 25.6. The summed E-state index contributed by atoms with van der Waals surface area (Å²) in [5.74, 6) is 0.512. The van der Waals surface area contributed by atoms with Crippen molar-refractivity contribution in [1.29, 1.82) is 0 Å². The van der Waals surface area contributed by atoms with E-state index >= 15 is 0 Å². The van der Waals surface area contributed by atoms with Crippen molar-refractivity contribution in [1.82, 2.24) is 14.1 Å². The van der Waals surface area contributed by atoms with Gasteiger partial charge in [-0.2, -0.15) is 0 Å². The highest BCUT2D eigenvalue weighted by atomic mass is 35.5. The van der Waals surface area contributed by atoms with Gasteiger partial charge in [0.2, 0.25) is 0 Å². The number of pyridine rings is 1. The number of nitrogens with zero attached hydrogens (tertiary/aromatic N) is 4. The molecule has 15 heteroatoms. The first-order valence-electron chi connectivity index (χ1n) is 13.0. The summed E-state index contributed by atoms with van der Waals surface area (Å²) >= 11 is 6.47. The van der Waals surface area contributed by atoms with E-state index in [4.69, 9.17) is 21.1 Å². The summed E-state index contributed by atoms with van der Waals surface area (Å²) in [6.45, 7) is 9.31. The van der Waals surface area contributed by atoms with Crippen molar-refractivity contribution in [2.75, 3.05) is 4.90 Å². The van der Waals surface area contributed by atoms with Crippen LogP contribution in [0.3, 0.4) is 0 Å². The van der Waals surface area contributed by atoms with E-state index < -0.39 is 48.9 Å². The number of nitrogens with one attached hydrogen (secondary N) is 1. The fourth-order valence-corrected chi connectivity index (χ4v) is 5.47. The topological polar surface area (TPSA) is 162 Å². The average Bonchev–Trinajstić information content (AvgIpc) is 3.59. The van der Waals surface area contributed by atoms with Crippen LogP contribution in [0.1, 0.15) is 71.6 Å². The second kappa shape index (κ2) is 11.1. The van der Waals surface area contributed by atoms with Crippen LogP contribution in [0.2, 0.25) is 5.02 Å². The minimum absolute atomic E-state index is 0.190. The van der Waals surface area contributed by atoms with Gasteiger partial charge in [-0.25, -0.2) is 27.7 Å². The molecule has 2 amide bonds. The van der Waals surface area contributed by atoms with Crippen molar-refractivity contribution in [3.05, 3.63) is 63.1 Å². The Morgan fingerprint density at radius 1 is 1.12 bits per heavy atom. The number of hydrogen-bond donors (Lipinski definition) is 1. The Labute approximate surface area is 248 Å². The first-order chi connectivity index (χ1) is 19.3. The van der Waals surface area contributed by atoms with Gasteiger partial charge in [-0.3, -0.25) is 15.0 Å². The number of imidazole rings is 1. The fourth-order valence-electron chi connectivity index (χ4n) is 4.08. The first-order valence-corrected chi connectivity index (χ1v) is 14.9. The molecule has 0 saturated heterocycles. The van der Waals surface area contributed by atoms with Crippen molar-refractivity contribution in [3.8, 4) is 0 Å². The standard InChI is InChI=1S/C27H32ClN5O8S/c1-26(2,3)40-24(34)30-42(38,39)22-11-19(28)20(12-21(22)33(36)37)32(25(35)41-27(4,5)6)15-18-14-31-13-17(16-7-8-16)9-10-23(31)29-18/h9-14,16H,7-8,15H2,1-6H3,(H,30,34). The Hall–Kier alpha value is -3.91. The van der Waals surface area contributed by atoms with E-state index in [-0.39, 0.29) is 17.3 Å². The molecule has 3 aromatic rings. The molecule has 0 bridgehead atoms. The summed E-state index contributed by atoms with van der Waals surface area (Å²) in [5, 5.41) is 11.7. The molecule has 13 nitrogen and oxygen atoms in total. The number of benzene rings is 1. The molecule has 1 aromatic carbocycles. The second-order valence-corrected chi connectivity index (χ2v) is 14.0. The number of aromatic nitrogens is 2. The minimum atomic E-state index is -4.80. The molecule has 2 heterocycles. The summed E-state index contributed by atoms with van der Waals surface area (Å²) in [6.07, 6.45) is 3.72. The maximum atomic E-state index is 13.4. The van der Waals surface area contributed by atoms with Crippen LogP contribution in [0.15, 0.2) is 41.6 Å². The van der Waals surface area contributed by atoms with Crippen LogP contribution >= 0.6 is 11.6 Å². The molecule has 4 rings (SSSR count). The number of amides is 2. The zero-order valence-electron chi connectivity index (χ0n) is 24.0. The summed E-state index contributed by atoms with van der Waals surface area (Å²) in [4.78, 5) is 41.3. The third kappa shape index (κ3) is 7.48. The first kappa shape index (κ1) is 31.0. The molecule has 42 heavy (non-hydrogen) atoms. The number of fused-ring (bicyclic) bond motifs is 1. The predicted octanol–water partition coefficient (Wildman–Crippen LogP) is 5.93. The Bertz CT molecular complexity index is 1670. The maximum absolute atomic E-state index is 13.4. The van der Waals surface area contributed by atoms with E-state index in [0.29, 0.717) is 17.3 Å². The molecule has 1 saturated carbocycles. The quantitative estimate of drug-likeness (QED) is 0.249. The number of hydrogen-bond acceptors (Lipinski definition) is 9. The van der Waals surface area contributed by atoms with Crippen LogP contribution in [-0.4, -0.2) is 46.1 Å². The molecule has 1 N–H and O–H groups in total. The van der Waals surface area contributed by atoms with Gasteiger partial charge in [0.15, 0.2) is 4.90 Å². The highest BCUT2D eigenvalue weighted by Crippen LogP contribution is 2.40. The minimum Gasteiger partial charge on any atom is -0.443 e. The third-order valence-electron chi connectivity index (χ3n) is 5.93. The van der Waals surface area contributed by atoms with Crippen molar-refractivity contribution < 1.29 is 32.4 Å². The normalized spacial score (nSPS) is 14.0. The van der Waals surface area contributed by atoms with Gasteiger partial charge in [0, 0.05) is 18.5 Å². The van der Waals surface area contributed by atoms with E-state index in [1.54, 1.807) is 31.7 Å². The van der Waals surface area contributed by atoms with Gasteiger partial charge in [0.05, 0.1) is 27.9 Å². The van der Waals surface area contributed by atoms with Crippen LogP contribution < -0.4 is 9.62 Å². The van der Waals surface area contributed by atoms with Crippen LogP contribution in [0.25, 0.3) is 5.65 Å². The molecular formula is C27H32ClN5O8S. The lowest BCUT2D eigenvalue weighted by molar-refractivity contribution is -0.387. The summed E-state index contributed by atoms with van der Waals surface area (Å²) < 4.78 is 40.0. The fraction of sp³-hybridized carbons (Fsp3) is 0.444. The van der Waals surface area contributed by atoms with Crippen molar-refractivity contribution >= 4 is 50.8 Å². The number of carbonyl (C=O) groups is 2. The summed E-state index contributed by atoms with van der Waals surface area (Å²) in [5.41, 5.74) is -0.857. The number of sulfonamides is 1. The second-order valence-electron chi connectivity index (χ2n) is 11.9. The van der Waals surface area contributed by atoms with Gasteiger partial charge in [-0.05, 0) is 78.0 Å². The Balaban J connectivity index is 1.75. The molecule has 0 unspecified atom stereocenters. The molecule has 2 aromatic heterocycles. The molecule has 0 radical (unpaired) electrons. The summed E-state index contributed by atoms with van der Waals surface area (Å²) in [7, 11) is -4.80. The van der Waals surface area contributed by atoms with Crippen LogP contribution in [0, 0.1) is 10.1 Å². The van der Waals surface area contributed by atoms with Gasteiger partial charge in [0.25, 0.3) is 15.7 Å². The van der Waals surface area contributed by atoms with E-state index in [1.807, 2.05) is 22.7 Å². The highest BCUT2D eigenvalue weighted by Gasteiger charge is 2.34. The highest BCUT2D eigenvalue weighted by molar-refractivity contribution is 7.90. The molecule has 1 fully saturated rings. The molecule has 0 atom stereocenters. The lowest BCUT2D eigenvalue weighted by atomic mass is 10.2. The lowest BCUT2D eigenvalue weighted by Gasteiger charge is -2.27. The van der Waals surface area contributed by atoms with E-state index in [1.165, 1.54) is 26.3 Å². The van der Waals surface area contributed by atoms with Crippen LogP contribution in [0.4, 0.5) is 21.0 Å². The Morgan fingerprint density at radius 2 is 1.76 bits per heavy atom. The van der Waals surface area contributed by atoms with Crippen LogP contribution in [0.5, 0.6) is 0 Å². The molecule has 0 spiro atoms. The largest absolute Gasteiger partial charge is 0.443 e. The molecule has 0 aliphatic heterocycles. The predicted molar refractivity (Wildman–Crippen MR) is 154 cm³/mol. The number of ether oxygens (including phenoxy) is 2. The summed E-state index contributed by atoms with van der Waals surface area (Å²) in [6, 6.07) is 5.51. The van der Waals surface area contributed by atoms with Gasteiger partial charge < -0.3 is 13.9 Å². The molecular weight excluding hydrogens is 590 g/mol. The van der Waals surface area contributed by atoms with Crippen LogP contribution in [-0.2, 0) is 26.0 Å².